The Bertz CT molecular complexity index is 392. The summed E-state index contributed by atoms with van der Waals surface area (Å²) in [5.41, 5.74) is 1.10. The van der Waals surface area contributed by atoms with Gasteiger partial charge in [0.05, 0.1) is 4.34 Å². The van der Waals surface area contributed by atoms with Gasteiger partial charge in [0.1, 0.15) is 0 Å². The smallest absolute Gasteiger partial charge is 0.0940 e. The van der Waals surface area contributed by atoms with Gasteiger partial charge in [0, 0.05) is 9.72 Å². The van der Waals surface area contributed by atoms with E-state index < -0.39 is 0 Å². The van der Waals surface area contributed by atoms with Crippen molar-refractivity contribution >= 4 is 44.6 Å². The van der Waals surface area contributed by atoms with E-state index in [4.69, 9.17) is 23.2 Å². The third kappa shape index (κ3) is 1.33. The summed E-state index contributed by atoms with van der Waals surface area (Å²) in [6.07, 6.45) is 0. The molecule has 0 fully saturated rings. The lowest BCUT2D eigenvalue weighted by Gasteiger charge is -1.95. The lowest BCUT2D eigenvalue weighted by molar-refractivity contribution is 1.52. The van der Waals surface area contributed by atoms with E-state index in [0.29, 0.717) is 0 Å². The fraction of sp³-hybridized carbons (Fsp3) is 0.111. The Morgan fingerprint density at radius 3 is 2.67 bits per heavy atom. The second-order valence-electron chi connectivity index (χ2n) is 2.69. The predicted molar refractivity (Wildman–Crippen MR) is 56.6 cm³/mol. The molecule has 0 atom stereocenters. The Balaban J connectivity index is 2.83. The molecule has 0 amide bonds. The molecule has 0 saturated heterocycles. The van der Waals surface area contributed by atoms with Crippen molar-refractivity contribution in [3.05, 3.63) is 33.1 Å². The molecule has 2 rings (SSSR count). The standard InChI is InChI=1S/C9H6Cl2S/c1-5-2-8-6(3-7(5)10)4-9(11)12-8/h2-4H,1H3. The largest absolute Gasteiger partial charge is 0.123 e. The minimum Gasteiger partial charge on any atom is -0.123 e. The molecule has 0 N–H and O–H groups in total. The summed E-state index contributed by atoms with van der Waals surface area (Å²) in [5.74, 6) is 0. The molecule has 0 radical (unpaired) electrons. The molecule has 1 aromatic heterocycles. The molecule has 0 aliphatic heterocycles. The fourth-order valence-corrected chi connectivity index (χ4v) is 2.53. The zero-order valence-electron chi connectivity index (χ0n) is 6.40. The first-order chi connectivity index (χ1) is 5.66. The number of rotatable bonds is 0. The topological polar surface area (TPSA) is 0 Å². The van der Waals surface area contributed by atoms with Crippen LogP contribution in [-0.2, 0) is 0 Å². The molecular weight excluding hydrogens is 211 g/mol. The van der Waals surface area contributed by atoms with Gasteiger partial charge in [-0.1, -0.05) is 23.2 Å². The lowest BCUT2D eigenvalue weighted by atomic mass is 10.2. The van der Waals surface area contributed by atoms with Crippen LogP contribution in [0, 0.1) is 6.92 Å². The van der Waals surface area contributed by atoms with E-state index in [2.05, 4.69) is 6.07 Å². The highest BCUT2D eigenvalue weighted by Crippen LogP contribution is 2.32. The normalized spacial score (nSPS) is 10.9. The number of hydrogen-bond acceptors (Lipinski definition) is 1. The van der Waals surface area contributed by atoms with E-state index in [-0.39, 0.29) is 0 Å². The SMILES string of the molecule is Cc1cc2sc(Cl)cc2cc1Cl. The van der Waals surface area contributed by atoms with Gasteiger partial charge in [0.15, 0.2) is 0 Å². The van der Waals surface area contributed by atoms with Crippen molar-refractivity contribution < 1.29 is 0 Å². The molecule has 0 unspecified atom stereocenters. The Labute approximate surface area is 84.7 Å². The quantitative estimate of drug-likeness (QED) is 0.608. The highest BCUT2D eigenvalue weighted by Gasteiger charge is 2.02. The summed E-state index contributed by atoms with van der Waals surface area (Å²) >= 11 is 13.4. The van der Waals surface area contributed by atoms with E-state index in [0.717, 1.165) is 20.3 Å². The molecule has 0 aliphatic rings. The van der Waals surface area contributed by atoms with Crippen LogP contribution in [0.5, 0.6) is 0 Å². The van der Waals surface area contributed by atoms with Crippen molar-refractivity contribution in [2.24, 2.45) is 0 Å². The number of halogens is 2. The van der Waals surface area contributed by atoms with E-state index in [1.54, 1.807) is 11.3 Å². The van der Waals surface area contributed by atoms with Crippen LogP contribution in [-0.4, -0.2) is 0 Å². The average Bonchev–Trinajstić information content (AvgIpc) is 2.30. The summed E-state index contributed by atoms with van der Waals surface area (Å²) in [4.78, 5) is 0. The molecule has 0 nitrogen and oxygen atoms in total. The summed E-state index contributed by atoms with van der Waals surface area (Å²) in [7, 11) is 0. The summed E-state index contributed by atoms with van der Waals surface area (Å²) in [5, 5.41) is 1.93. The monoisotopic (exact) mass is 216 g/mol. The summed E-state index contributed by atoms with van der Waals surface area (Å²) in [6, 6.07) is 5.95. The highest BCUT2D eigenvalue weighted by atomic mass is 35.5. The molecular formula is C9H6Cl2S. The van der Waals surface area contributed by atoms with Gasteiger partial charge < -0.3 is 0 Å². The Hall–Kier alpha value is -0.240. The van der Waals surface area contributed by atoms with E-state index in [9.17, 15) is 0 Å². The second-order valence-corrected chi connectivity index (χ2v) is 4.81. The molecule has 0 aliphatic carbocycles. The second kappa shape index (κ2) is 2.91. The minimum absolute atomic E-state index is 0.803. The van der Waals surface area contributed by atoms with Crippen LogP contribution >= 0.6 is 34.5 Å². The third-order valence-electron chi connectivity index (χ3n) is 1.77. The van der Waals surface area contributed by atoms with Crippen molar-refractivity contribution in [2.75, 3.05) is 0 Å². The van der Waals surface area contributed by atoms with Gasteiger partial charge in [-0.25, -0.2) is 0 Å². The van der Waals surface area contributed by atoms with Gasteiger partial charge in [-0.15, -0.1) is 11.3 Å². The summed E-state index contributed by atoms with van der Waals surface area (Å²) in [6.45, 7) is 2.00. The van der Waals surface area contributed by atoms with Crippen molar-refractivity contribution in [3.8, 4) is 0 Å². The van der Waals surface area contributed by atoms with Crippen molar-refractivity contribution in [3.63, 3.8) is 0 Å². The molecule has 2 aromatic rings. The zero-order chi connectivity index (χ0) is 8.72. The van der Waals surface area contributed by atoms with Crippen LogP contribution in [0.15, 0.2) is 18.2 Å². The zero-order valence-corrected chi connectivity index (χ0v) is 8.72. The predicted octanol–water partition coefficient (Wildman–Crippen LogP) is 4.52. The Morgan fingerprint density at radius 2 is 1.92 bits per heavy atom. The maximum absolute atomic E-state index is 5.96. The summed E-state index contributed by atoms with van der Waals surface area (Å²) < 4.78 is 2.01. The highest BCUT2D eigenvalue weighted by molar-refractivity contribution is 7.22. The fourth-order valence-electron chi connectivity index (χ4n) is 1.13. The van der Waals surface area contributed by atoms with Gasteiger partial charge in [0.2, 0.25) is 0 Å². The molecule has 0 bridgehead atoms. The van der Waals surface area contributed by atoms with Crippen LogP contribution in [0.25, 0.3) is 10.1 Å². The number of fused-ring (bicyclic) bond motifs is 1. The maximum Gasteiger partial charge on any atom is 0.0940 e. The van der Waals surface area contributed by atoms with Crippen molar-refractivity contribution in [1.82, 2.24) is 0 Å². The van der Waals surface area contributed by atoms with Gasteiger partial charge in [-0.05, 0) is 36.1 Å². The van der Waals surface area contributed by atoms with Crippen molar-refractivity contribution in [1.29, 1.82) is 0 Å². The number of hydrogen-bond donors (Lipinski definition) is 0. The van der Waals surface area contributed by atoms with Crippen LogP contribution in [0.1, 0.15) is 5.56 Å². The minimum atomic E-state index is 0.803. The van der Waals surface area contributed by atoms with Crippen molar-refractivity contribution in [2.45, 2.75) is 6.92 Å². The number of aryl methyl sites for hydroxylation is 1. The third-order valence-corrected chi connectivity index (χ3v) is 3.40. The van der Waals surface area contributed by atoms with Crippen LogP contribution in [0.2, 0.25) is 9.36 Å². The number of benzene rings is 1. The first-order valence-corrected chi connectivity index (χ1v) is 5.09. The Morgan fingerprint density at radius 1 is 1.17 bits per heavy atom. The van der Waals surface area contributed by atoms with Crippen LogP contribution < -0.4 is 0 Å². The molecule has 62 valence electrons. The van der Waals surface area contributed by atoms with Gasteiger partial charge in [0.25, 0.3) is 0 Å². The van der Waals surface area contributed by atoms with Gasteiger partial charge in [-0.3, -0.25) is 0 Å². The molecule has 12 heavy (non-hydrogen) atoms. The molecule has 1 heterocycles. The molecule has 0 spiro atoms. The van der Waals surface area contributed by atoms with Crippen LogP contribution in [0.4, 0.5) is 0 Å². The van der Waals surface area contributed by atoms with E-state index in [1.807, 2.05) is 19.1 Å². The average molecular weight is 217 g/mol. The molecule has 0 saturated carbocycles. The first kappa shape index (κ1) is 8.36. The maximum atomic E-state index is 5.96. The first-order valence-electron chi connectivity index (χ1n) is 3.52. The number of thiophene rings is 1. The Kier molecular flexibility index (Phi) is 2.03. The van der Waals surface area contributed by atoms with Crippen LogP contribution in [0.3, 0.4) is 0 Å². The molecule has 3 heteroatoms. The van der Waals surface area contributed by atoms with Gasteiger partial charge in [-0.2, -0.15) is 0 Å². The molecule has 1 aromatic carbocycles. The lowest BCUT2D eigenvalue weighted by Crippen LogP contribution is -1.72. The van der Waals surface area contributed by atoms with Gasteiger partial charge >= 0.3 is 0 Å². The van der Waals surface area contributed by atoms with E-state index in [1.165, 1.54) is 4.70 Å². The van der Waals surface area contributed by atoms with E-state index >= 15 is 0 Å².